The van der Waals surface area contributed by atoms with Gasteiger partial charge in [-0.15, -0.1) is 5.10 Å². The normalized spacial score (nSPS) is 12.1. The number of amides is 1. The van der Waals surface area contributed by atoms with Crippen LogP contribution in [-0.2, 0) is 11.3 Å². The lowest BCUT2D eigenvalue weighted by molar-refractivity contribution is -0.117. The Kier molecular flexibility index (Phi) is 5.43. The average molecular weight is 320 g/mol. The number of hydrogen-bond acceptors (Lipinski definition) is 4. The Labute approximate surface area is 133 Å². The number of carbonyl (C=O) groups excluding carboxylic acids is 1. The number of nitrogens with one attached hydrogen (secondary N) is 1. The third-order valence-electron chi connectivity index (χ3n) is 3.27. The Morgan fingerprint density at radius 1 is 1.41 bits per heavy atom. The summed E-state index contributed by atoms with van der Waals surface area (Å²) < 4.78 is 1.57. The van der Waals surface area contributed by atoms with E-state index in [0.717, 1.165) is 12.1 Å². The van der Waals surface area contributed by atoms with Crippen LogP contribution in [0, 0.1) is 0 Å². The molecule has 0 bridgehead atoms. The molecule has 0 unspecified atom stereocenters. The predicted molar refractivity (Wildman–Crippen MR) is 88.3 cm³/mol. The molecule has 0 saturated heterocycles. The van der Waals surface area contributed by atoms with Gasteiger partial charge in [0.05, 0.1) is 5.25 Å². The van der Waals surface area contributed by atoms with Gasteiger partial charge in [-0.3, -0.25) is 9.36 Å². The topological polar surface area (TPSA) is 71.0 Å². The summed E-state index contributed by atoms with van der Waals surface area (Å²) in [6.45, 7) is 4.40. The number of thioether (sulfide) groups is 1. The standard InChI is InChI=1S/C15H20N4O2S/c1-4-10-19-14(21)16-17-15(19)22-11(2)13(20)18(3)12-8-6-5-7-9-12/h5-9,11H,4,10H2,1-3H3,(H,16,21)/t11-/m0/s1. The molecule has 6 nitrogen and oxygen atoms in total. The van der Waals surface area contributed by atoms with E-state index in [-0.39, 0.29) is 16.8 Å². The second kappa shape index (κ2) is 7.31. The summed E-state index contributed by atoms with van der Waals surface area (Å²) in [5, 5.41) is 6.66. The van der Waals surface area contributed by atoms with Crippen LogP contribution in [0.5, 0.6) is 0 Å². The Morgan fingerprint density at radius 3 is 2.73 bits per heavy atom. The van der Waals surface area contributed by atoms with E-state index in [1.807, 2.05) is 44.2 Å². The number of para-hydroxylation sites is 1. The summed E-state index contributed by atoms with van der Waals surface area (Å²) in [7, 11) is 1.75. The lowest BCUT2D eigenvalue weighted by atomic mass is 10.3. The molecule has 118 valence electrons. The molecule has 0 saturated carbocycles. The smallest absolute Gasteiger partial charge is 0.315 e. The van der Waals surface area contributed by atoms with Crippen LogP contribution in [0.1, 0.15) is 20.3 Å². The Balaban J connectivity index is 2.10. The summed E-state index contributed by atoms with van der Waals surface area (Å²) in [5.74, 6) is -0.0327. The molecule has 2 aromatic rings. The minimum Gasteiger partial charge on any atom is -0.315 e. The van der Waals surface area contributed by atoms with Gasteiger partial charge >= 0.3 is 5.69 Å². The summed E-state index contributed by atoms with van der Waals surface area (Å²) in [6, 6.07) is 9.47. The van der Waals surface area contributed by atoms with Crippen LogP contribution in [0.2, 0.25) is 0 Å². The first-order valence-electron chi connectivity index (χ1n) is 7.19. The Morgan fingerprint density at radius 2 is 2.09 bits per heavy atom. The number of aromatic amines is 1. The van der Waals surface area contributed by atoms with Crippen molar-refractivity contribution in [2.75, 3.05) is 11.9 Å². The SMILES string of the molecule is CCCn1c(S[C@@H](C)C(=O)N(C)c2ccccc2)n[nH]c1=O. The fourth-order valence-corrected chi connectivity index (χ4v) is 3.05. The second-order valence-corrected chi connectivity index (χ2v) is 6.26. The maximum Gasteiger partial charge on any atom is 0.343 e. The molecule has 0 radical (unpaired) electrons. The fraction of sp³-hybridized carbons (Fsp3) is 0.400. The quantitative estimate of drug-likeness (QED) is 0.828. The molecule has 1 aromatic carbocycles. The predicted octanol–water partition coefficient (Wildman–Crippen LogP) is 2.12. The van der Waals surface area contributed by atoms with E-state index in [4.69, 9.17) is 0 Å². The molecule has 0 aliphatic carbocycles. The van der Waals surface area contributed by atoms with Crippen molar-refractivity contribution in [1.82, 2.24) is 14.8 Å². The zero-order valence-electron chi connectivity index (χ0n) is 12.9. The van der Waals surface area contributed by atoms with Crippen LogP contribution in [0.15, 0.2) is 40.3 Å². The molecule has 0 spiro atoms. The number of rotatable bonds is 6. The summed E-state index contributed by atoms with van der Waals surface area (Å²) in [4.78, 5) is 25.8. The highest BCUT2D eigenvalue weighted by Gasteiger charge is 2.22. The highest BCUT2D eigenvalue weighted by atomic mass is 32.2. The third kappa shape index (κ3) is 3.59. The van der Waals surface area contributed by atoms with Crippen molar-refractivity contribution in [3.63, 3.8) is 0 Å². The van der Waals surface area contributed by atoms with E-state index < -0.39 is 0 Å². The lowest BCUT2D eigenvalue weighted by Gasteiger charge is -2.21. The highest BCUT2D eigenvalue weighted by molar-refractivity contribution is 8.00. The van der Waals surface area contributed by atoms with Crippen molar-refractivity contribution < 1.29 is 4.79 Å². The van der Waals surface area contributed by atoms with Crippen molar-refractivity contribution in [2.24, 2.45) is 0 Å². The first-order chi connectivity index (χ1) is 10.5. The summed E-state index contributed by atoms with van der Waals surface area (Å²) in [6.07, 6.45) is 0.833. The van der Waals surface area contributed by atoms with Crippen molar-refractivity contribution in [1.29, 1.82) is 0 Å². The zero-order valence-corrected chi connectivity index (χ0v) is 13.8. The molecule has 1 heterocycles. The summed E-state index contributed by atoms with van der Waals surface area (Å²) >= 11 is 1.29. The molecular weight excluding hydrogens is 300 g/mol. The first kappa shape index (κ1) is 16.4. The molecular formula is C15H20N4O2S. The van der Waals surface area contributed by atoms with Crippen LogP contribution >= 0.6 is 11.8 Å². The molecule has 1 atom stereocenters. The number of nitrogens with zero attached hydrogens (tertiary/aromatic N) is 3. The van der Waals surface area contributed by atoms with Gasteiger partial charge in [0.15, 0.2) is 5.16 Å². The van der Waals surface area contributed by atoms with E-state index in [2.05, 4.69) is 10.2 Å². The molecule has 1 aromatic heterocycles. The van der Waals surface area contributed by atoms with E-state index in [9.17, 15) is 9.59 Å². The maximum atomic E-state index is 12.5. The summed E-state index contributed by atoms with van der Waals surface area (Å²) in [5.41, 5.74) is 0.605. The number of anilines is 1. The van der Waals surface area contributed by atoms with Gasteiger partial charge in [-0.05, 0) is 25.5 Å². The van der Waals surface area contributed by atoms with Gasteiger partial charge in [-0.25, -0.2) is 9.89 Å². The minimum absolute atomic E-state index is 0.0327. The number of carbonyl (C=O) groups is 1. The molecule has 0 fully saturated rings. The van der Waals surface area contributed by atoms with Gasteiger partial charge in [0.2, 0.25) is 5.91 Å². The third-order valence-corrected chi connectivity index (χ3v) is 4.35. The van der Waals surface area contributed by atoms with Crippen LogP contribution in [0.4, 0.5) is 5.69 Å². The number of benzene rings is 1. The van der Waals surface area contributed by atoms with E-state index in [1.165, 1.54) is 11.8 Å². The molecule has 0 aliphatic heterocycles. The Hall–Kier alpha value is -2.02. The maximum absolute atomic E-state index is 12.5. The van der Waals surface area contributed by atoms with Gasteiger partial charge in [0, 0.05) is 19.3 Å². The molecule has 0 aliphatic rings. The molecule has 22 heavy (non-hydrogen) atoms. The van der Waals surface area contributed by atoms with Crippen LogP contribution in [0.3, 0.4) is 0 Å². The Bertz CT molecular complexity index is 680. The van der Waals surface area contributed by atoms with Crippen LogP contribution < -0.4 is 10.6 Å². The van der Waals surface area contributed by atoms with E-state index >= 15 is 0 Å². The van der Waals surface area contributed by atoms with Gasteiger partial charge in [-0.1, -0.05) is 36.9 Å². The second-order valence-electron chi connectivity index (χ2n) is 4.96. The zero-order chi connectivity index (χ0) is 16.1. The number of hydrogen-bond donors (Lipinski definition) is 1. The molecule has 2 rings (SSSR count). The highest BCUT2D eigenvalue weighted by Crippen LogP contribution is 2.23. The number of aromatic nitrogens is 3. The fourth-order valence-electron chi connectivity index (χ4n) is 2.07. The van der Waals surface area contributed by atoms with Gasteiger partial charge < -0.3 is 4.90 Å². The molecule has 7 heteroatoms. The number of H-pyrrole nitrogens is 1. The first-order valence-corrected chi connectivity index (χ1v) is 8.07. The van der Waals surface area contributed by atoms with E-state index in [1.54, 1.807) is 16.5 Å². The lowest BCUT2D eigenvalue weighted by Crippen LogP contribution is -2.33. The molecule has 1 amide bonds. The van der Waals surface area contributed by atoms with Crippen LogP contribution in [-0.4, -0.2) is 33.0 Å². The van der Waals surface area contributed by atoms with Crippen molar-refractivity contribution in [2.45, 2.75) is 37.2 Å². The van der Waals surface area contributed by atoms with Crippen LogP contribution in [0.25, 0.3) is 0 Å². The monoisotopic (exact) mass is 320 g/mol. The molecule has 1 N–H and O–H groups in total. The van der Waals surface area contributed by atoms with Crippen molar-refractivity contribution in [3.8, 4) is 0 Å². The van der Waals surface area contributed by atoms with E-state index in [0.29, 0.717) is 11.7 Å². The van der Waals surface area contributed by atoms with Gasteiger partial charge in [0.25, 0.3) is 0 Å². The van der Waals surface area contributed by atoms with Crippen molar-refractivity contribution >= 4 is 23.4 Å². The average Bonchev–Trinajstić information content (AvgIpc) is 2.88. The largest absolute Gasteiger partial charge is 0.343 e. The van der Waals surface area contributed by atoms with Crippen molar-refractivity contribution in [3.05, 3.63) is 40.8 Å². The minimum atomic E-state index is -0.337. The van der Waals surface area contributed by atoms with Gasteiger partial charge in [0.1, 0.15) is 0 Å². The van der Waals surface area contributed by atoms with Gasteiger partial charge in [-0.2, -0.15) is 0 Å².